The molecule has 0 spiro atoms. The molecule has 6 rings (SSSR count). The van der Waals surface area contributed by atoms with Gasteiger partial charge >= 0.3 is 5.97 Å². The van der Waals surface area contributed by atoms with Crippen molar-refractivity contribution >= 4 is 63.4 Å². The molecular formula is C34H28Cl2N2O5. The number of hydrogen-bond donors (Lipinski definition) is 0. The van der Waals surface area contributed by atoms with Gasteiger partial charge in [-0.15, -0.1) is 0 Å². The number of halogens is 2. The van der Waals surface area contributed by atoms with Gasteiger partial charge in [0.05, 0.1) is 34.3 Å². The topological polar surface area (TPSA) is 93.6 Å². The lowest BCUT2D eigenvalue weighted by molar-refractivity contribution is -0.122. The Morgan fingerprint density at radius 1 is 0.907 bits per heavy atom. The Kier molecular flexibility index (Phi) is 7.79. The van der Waals surface area contributed by atoms with Crippen molar-refractivity contribution in [3.05, 3.63) is 94.0 Å². The number of amides is 2. The van der Waals surface area contributed by atoms with Crippen LogP contribution in [0.4, 0.5) is 5.69 Å². The van der Waals surface area contributed by atoms with E-state index in [0.717, 1.165) is 19.3 Å². The Labute approximate surface area is 258 Å². The second-order valence-electron chi connectivity index (χ2n) is 11.3. The summed E-state index contributed by atoms with van der Waals surface area (Å²) in [6, 6.07) is 20.0. The van der Waals surface area contributed by atoms with Crippen LogP contribution in [0.3, 0.4) is 0 Å². The molecule has 4 atom stereocenters. The van der Waals surface area contributed by atoms with E-state index in [1.165, 1.54) is 17.9 Å². The highest BCUT2D eigenvalue weighted by Gasteiger charge is 2.49. The van der Waals surface area contributed by atoms with E-state index < -0.39 is 12.1 Å². The number of Topliss-reactive ketones (excluding diaryl/α,β-unsaturated/α-hetero) is 1. The average molecular weight is 616 g/mol. The van der Waals surface area contributed by atoms with Gasteiger partial charge in [0, 0.05) is 26.6 Å². The van der Waals surface area contributed by atoms with Crippen molar-refractivity contribution in [3.8, 4) is 11.3 Å². The molecule has 0 bridgehead atoms. The summed E-state index contributed by atoms with van der Waals surface area (Å²) >= 11 is 12.3. The molecular weight excluding hydrogens is 587 g/mol. The van der Waals surface area contributed by atoms with Gasteiger partial charge in [0.15, 0.2) is 6.10 Å². The summed E-state index contributed by atoms with van der Waals surface area (Å²) < 4.78 is 5.61. The van der Waals surface area contributed by atoms with Gasteiger partial charge in [-0.3, -0.25) is 19.3 Å². The quantitative estimate of drug-likeness (QED) is 0.126. The first-order valence-electron chi connectivity index (χ1n) is 14.2. The molecule has 1 aliphatic heterocycles. The van der Waals surface area contributed by atoms with Gasteiger partial charge in [0.2, 0.25) is 17.6 Å². The maximum atomic E-state index is 13.5. The third-order valence-corrected chi connectivity index (χ3v) is 8.83. The molecule has 3 aromatic carbocycles. The number of aromatic nitrogens is 1. The third-order valence-electron chi connectivity index (χ3n) is 8.36. The summed E-state index contributed by atoms with van der Waals surface area (Å²) in [5.41, 5.74) is 2.70. The van der Waals surface area contributed by atoms with Gasteiger partial charge in [-0.1, -0.05) is 54.4 Å². The van der Waals surface area contributed by atoms with Gasteiger partial charge in [-0.2, -0.15) is 0 Å². The van der Waals surface area contributed by atoms with Crippen LogP contribution in [-0.2, 0) is 14.3 Å². The van der Waals surface area contributed by atoms with E-state index in [-0.39, 0.29) is 35.0 Å². The lowest BCUT2D eigenvalue weighted by atomic mass is 9.76. The Hall–Kier alpha value is -4.07. The summed E-state index contributed by atoms with van der Waals surface area (Å²) in [6.45, 7) is 3.63. The van der Waals surface area contributed by atoms with Gasteiger partial charge in [-0.25, -0.2) is 9.78 Å². The van der Waals surface area contributed by atoms with Crippen LogP contribution in [0.15, 0.2) is 72.8 Å². The molecule has 1 aliphatic carbocycles. The third kappa shape index (κ3) is 5.55. The second-order valence-corrected chi connectivity index (χ2v) is 12.2. The van der Waals surface area contributed by atoms with E-state index in [4.69, 9.17) is 32.9 Å². The summed E-state index contributed by atoms with van der Waals surface area (Å²) in [5.74, 6) is -1.45. The maximum absolute atomic E-state index is 13.5. The van der Waals surface area contributed by atoms with E-state index in [2.05, 4.69) is 6.92 Å². The number of fused-ring (bicyclic) bond motifs is 2. The lowest BCUT2D eigenvalue weighted by Gasteiger charge is -2.25. The van der Waals surface area contributed by atoms with Crippen molar-refractivity contribution in [2.75, 3.05) is 4.90 Å². The summed E-state index contributed by atoms with van der Waals surface area (Å²) in [7, 11) is 0. The predicted molar refractivity (Wildman–Crippen MR) is 165 cm³/mol. The van der Waals surface area contributed by atoms with Crippen molar-refractivity contribution in [1.82, 2.24) is 4.98 Å². The first-order valence-corrected chi connectivity index (χ1v) is 15.0. The number of anilines is 1. The molecule has 4 unspecified atom stereocenters. The lowest BCUT2D eigenvalue weighted by Crippen LogP contribution is -2.30. The molecule has 4 aromatic rings. The van der Waals surface area contributed by atoms with Crippen LogP contribution in [0.5, 0.6) is 0 Å². The van der Waals surface area contributed by atoms with Crippen molar-refractivity contribution < 1.29 is 23.9 Å². The Morgan fingerprint density at radius 3 is 2.37 bits per heavy atom. The minimum atomic E-state index is -1.07. The number of benzene rings is 3. The van der Waals surface area contributed by atoms with E-state index in [9.17, 15) is 19.2 Å². The predicted octanol–water partition coefficient (Wildman–Crippen LogP) is 7.56. The van der Waals surface area contributed by atoms with Crippen molar-refractivity contribution in [3.63, 3.8) is 0 Å². The molecule has 7 nitrogen and oxygen atoms in total. The summed E-state index contributed by atoms with van der Waals surface area (Å²) in [6.07, 6.45) is 1.35. The van der Waals surface area contributed by atoms with Crippen molar-refractivity contribution in [1.29, 1.82) is 0 Å². The molecule has 2 heterocycles. The summed E-state index contributed by atoms with van der Waals surface area (Å²) in [5, 5.41) is 1.30. The number of carbonyl (C=O) groups is 4. The van der Waals surface area contributed by atoms with Gasteiger partial charge in [-0.05, 0) is 80.6 Å². The number of hydrogen-bond acceptors (Lipinski definition) is 6. The Morgan fingerprint density at radius 2 is 1.63 bits per heavy atom. The number of imide groups is 1. The normalized spacial score (nSPS) is 20.7. The molecule has 1 saturated carbocycles. The molecule has 0 radical (unpaired) electrons. The minimum absolute atomic E-state index is 0.137. The zero-order chi connectivity index (χ0) is 30.4. The number of ketones is 1. The highest BCUT2D eigenvalue weighted by Crippen LogP contribution is 2.42. The van der Waals surface area contributed by atoms with Crippen LogP contribution in [0.25, 0.3) is 22.2 Å². The molecule has 2 aliphatic rings. The van der Waals surface area contributed by atoms with Gasteiger partial charge in [0.1, 0.15) is 0 Å². The van der Waals surface area contributed by atoms with Crippen molar-refractivity contribution in [2.24, 2.45) is 17.8 Å². The van der Waals surface area contributed by atoms with Crippen LogP contribution < -0.4 is 4.90 Å². The molecule has 2 fully saturated rings. The molecule has 0 N–H and O–H groups in total. The number of esters is 1. The fraction of sp³-hybridized carbons (Fsp3) is 0.265. The molecule has 1 saturated heterocycles. The highest BCUT2D eigenvalue weighted by molar-refractivity contribution is 6.31. The van der Waals surface area contributed by atoms with E-state index in [1.807, 2.05) is 0 Å². The molecule has 1 aromatic heterocycles. The van der Waals surface area contributed by atoms with Crippen LogP contribution in [0.2, 0.25) is 10.0 Å². The second kappa shape index (κ2) is 11.5. The number of carbonyl (C=O) groups excluding carboxylic acids is 4. The van der Waals surface area contributed by atoms with Crippen molar-refractivity contribution in [2.45, 2.75) is 39.2 Å². The number of nitrogens with zero attached hydrogens (tertiary/aromatic N) is 2. The monoisotopic (exact) mass is 614 g/mol. The van der Waals surface area contributed by atoms with Crippen LogP contribution in [0, 0.1) is 17.8 Å². The Bertz CT molecular complexity index is 1790. The molecule has 9 heteroatoms. The van der Waals surface area contributed by atoms with Crippen LogP contribution >= 0.6 is 23.2 Å². The SMILES string of the molecule is CC1CCC2C(=O)N(c3ccc(-c4cc(C(=O)OC(C)C(=O)c5cccc(Cl)c5)c5cc(Cl)ccc5n4)cc3)C(=O)C2C1. The first kappa shape index (κ1) is 29.0. The van der Waals surface area contributed by atoms with E-state index >= 15 is 0 Å². The zero-order valence-corrected chi connectivity index (χ0v) is 25.1. The minimum Gasteiger partial charge on any atom is -0.451 e. The van der Waals surface area contributed by atoms with Crippen LogP contribution in [-0.4, -0.2) is 34.7 Å². The largest absolute Gasteiger partial charge is 0.451 e. The summed E-state index contributed by atoms with van der Waals surface area (Å²) in [4.78, 5) is 58.8. The van der Waals surface area contributed by atoms with Gasteiger partial charge < -0.3 is 4.74 Å². The number of ether oxygens (including phenoxy) is 1. The molecule has 218 valence electrons. The van der Waals surface area contributed by atoms with Crippen LogP contribution in [0.1, 0.15) is 53.8 Å². The Balaban J connectivity index is 1.30. The number of pyridine rings is 1. The number of rotatable bonds is 6. The average Bonchev–Trinajstić information content (AvgIpc) is 3.24. The zero-order valence-electron chi connectivity index (χ0n) is 23.6. The fourth-order valence-electron chi connectivity index (χ4n) is 6.09. The standard InChI is InChI=1S/C34H28Cl2N2O5/c1-18-6-12-25-27(14-18)33(41)38(32(25)40)24-10-7-20(8-11-24)30-17-28(26-16-23(36)9-13-29(26)37-30)34(42)43-19(2)31(39)21-4-3-5-22(35)15-21/h3-5,7-11,13,15-19,25,27H,6,12,14H2,1-2H3. The smallest absolute Gasteiger partial charge is 0.339 e. The fourth-order valence-corrected chi connectivity index (χ4v) is 6.46. The molecule has 43 heavy (non-hydrogen) atoms. The maximum Gasteiger partial charge on any atom is 0.339 e. The highest BCUT2D eigenvalue weighted by atomic mass is 35.5. The van der Waals surface area contributed by atoms with E-state index in [0.29, 0.717) is 49.4 Å². The van der Waals surface area contributed by atoms with E-state index in [1.54, 1.807) is 66.7 Å². The molecule has 2 amide bonds. The van der Waals surface area contributed by atoms with Gasteiger partial charge in [0.25, 0.3) is 0 Å². The first-order chi connectivity index (χ1) is 20.6.